The number of carbonyl (C=O) groups is 1. The first kappa shape index (κ1) is 6.55. The summed E-state index contributed by atoms with van der Waals surface area (Å²) in [6, 6.07) is 0. The van der Waals surface area contributed by atoms with E-state index in [2.05, 4.69) is 0 Å². The number of hydrogen-bond donors (Lipinski definition) is 1. The van der Waals surface area contributed by atoms with E-state index in [1.54, 1.807) is 0 Å². The van der Waals surface area contributed by atoms with E-state index in [1.807, 2.05) is 0 Å². The van der Waals surface area contributed by atoms with Crippen molar-refractivity contribution in [2.75, 3.05) is 0 Å². The molecule has 0 aliphatic heterocycles. The van der Waals surface area contributed by atoms with Gasteiger partial charge < -0.3 is 15.0 Å². The van der Waals surface area contributed by atoms with Crippen LogP contribution in [0.2, 0.25) is 0 Å². The number of aliphatic hydroxyl groups excluding tert-OH is 1. The summed E-state index contributed by atoms with van der Waals surface area (Å²) in [5.74, 6) is -1.89. The number of aliphatic carboxylic acids is 1. The van der Waals surface area contributed by atoms with Crippen LogP contribution in [0.5, 0.6) is 0 Å². The van der Waals surface area contributed by atoms with Gasteiger partial charge in [0.1, 0.15) is 0 Å². The van der Waals surface area contributed by atoms with Gasteiger partial charge >= 0.3 is 29.6 Å². The molecular formula is C4H7NaO3. The van der Waals surface area contributed by atoms with Crippen LogP contribution < -0.4 is 34.7 Å². The van der Waals surface area contributed by atoms with Crippen molar-refractivity contribution in [3.05, 3.63) is 0 Å². The maximum Gasteiger partial charge on any atom is 1.00 e. The average Bonchev–Trinajstić information content (AvgIpc) is 1.65. The molecule has 1 unspecified atom stereocenters. The molecule has 0 aromatic carbocycles. The van der Waals surface area contributed by atoms with Gasteiger partial charge in [0.2, 0.25) is 0 Å². The van der Waals surface area contributed by atoms with Crippen molar-refractivity contribution in [3.8, 4) is 0 Å². The number of hydrogen-bond acceptors (Lipinski definition) is 3. The number of carboxylic acid groups (broad SMARTS) is 1. The summed E-state index contributed by atoms with van der Waals surface area (Å²) in [6.07, 6.45) is -4.18. The molecule has 0 rings (SSSR count). The minimum atomic E-state index is -2.64. The van der Waals surface area contributed by atoms with Gasteiger partial charge in [0.05, 0.1) is 6.10 Å². The van der Waals surface area contributed by atoms with Crippen molar-refractivity contribution in [1.29, 1.82) is 0 Å². The third-order valence-electron chi connectivity index (χ3n) is 0.327. The van der Waals surface area contributed by atoms with Gasteiger partial charge in [-0.3, -0.25) is 0 Å². The molecule has 0 radical (unpaired) electrons. The Kier molecular flexibility index (Phi) is 4.56. The van der Waals surface area contributed by atoms with Crippen LogP contribution >= 0.6 is 0 Å². The van der Waals surface area contributed by atoms with Gasteiger partial charge in [0, 0.05) is 15.1 Å². The molecule has 0 aliphatic carbocycles. The Balaban J connectivity index is 0. The third-order valence-corrected chi connectivity index (χ3v) is 0.327. The predicted octanol–water partition coefficient (Wildman–Crippen LogP) is -4.49. The van der Waals surface area contributed by atoms with Gasteiger partial charge in [0.25, 0.3) is 0 Å². The molecule has 4 heteroatoms. The second-order valence-electron chi connectivity index (χ2n) is 1.11. The zero-order chi connectivity index (χ0) is 7.65. The van der Waals surface area contributed by atoms with E-state index in [1.165, 1.54) is 0 Å². The first-order valence-electron chi connectivity index (χ1n) is 2.78. The second kappa shape index (κ2) is 5.56. The Morgan fingerprint density at radius 3 is 2.50 bits per heavy atom. The SMILES string of the molecule is [2H]C([2H])(C(=O)[O-])C(C)O.[Na+]. The summed E-state index contributed by atoms with van der Waals surface area (Å²) in [6.45, 7) is 1.05. The summed E-state index contributed by atoms with van der Waals surface area (Å²) in [5.41, 5.74) is 0. The molecule has 0 saturated carbocycles. The molecule has 0 bridgehead atoms. The number of carbonyl (C=O) groups excluding carboxylic acids is 1. The Hall–Kier alpha value is 0.430. The molecule has 0 spiro atoms. The van der Waals surface area contributed by atoms with Crippen LogP contribution in [0, 0.1) is 0 Å². The van der Waals surface area contributed by atoms with Crippen LogP contribution in [-0.4, -0.2) is 17.2 Å². The van der Waals surface area contributed by atoms with Crippen LogP contribution in [0.15, 0.2) is 0 Å². The molecule has 1 N–H and O–H groups in total. The van der Waals surface area contributed by atoms with Crippen molar-refractivity contribution in [2.24, 2.45) is 0 Å². The van der Waals surface area contributed by atoms with E-state index in [0.717, 1.165) is 6.92 Å². The van der Waals surface area contributed by atoms with Gasteiger partial charge in [-0.25, -0.2) is 0 Å². The molecule has 3 nitrogen and oxygen atoms in total. The fraction of sp³-hybridized carbons (Fsp3) is 0.750. The monoisotopic (exact) mass is 128 g/mol. The standard InChI is InChI=1S/C4H8O3.Na/c1-3(5)2-4(6)7;/h3,5H,2H2,1H3,(H,6,7);/q;+1/p-1/i2D2;. The van der Waals surface area contributed by atoms with E-state index in [4.69, 9.17) is 7.85 Å². The Morgan fingerprint density at radius 1 is 2.12 bits per heavy atom. The molecule has 0 amide bonds. The minimum Gasteiger partial charge on any atom is -0.550 e. The molecule has 8 heavy (non-hydrogen) atoms. The van der Waals surface area contributed by atoms with Crippen LogP contribution in [0.4, 0.5) is 0 Å². The van der Waals surface area contributed by atoms with Crippen LogP contribution in [0.1, 0.15) is 16.0 Å². The molecule has 1 atom stereocenters. The Bertz CT molecular complexity index is 126. The van der Waals surface area contributed by atoms with E-state index in [0.29, 0.717) is 0 Å². The summed E-state index contributed by atoms with van der Waals surface area (Å²) in [4.78, 5) is 9.82. The summed E-state index contributed by atoms with van der Waals surface area (Å²) in [7, 11) is 0. The zero-order valence-electron chi connectivity index (χ0n) is 6.84. The smallest absolute Gasteiger partial charge is 0.550 e. The maximum atomic E-state index is 9.82. The van der Waals surface area contributed by atoms with Gasteiger partial charge in [-0.15, -0.1) is 0 Å². The Morgan fingerprint density at radius 2 is 2.50 bits per heavy atom. The topological polar surface area (TPSA) is 60.4 Å². The van der Waals surface area contributed by atoms with E-state index in [-0.39, 0.29) is 29.6 Å². The quantitative estimate of drug-likeness (QED) is 0.381. The van der Waals surface area contributed by atoms with E-state index < -0.39 is 18.4 Å². The van der Waals surface area contributed by atoms with Crippen molar-refractivity contribution >= 4 is 5.97 Å². The number of rotatable bonds is 2. The van der Waals surface area contributed by atoms with Crippen molar-refractivity contribution in [3.63, 3.8) is 0 Å². The summed E-state index contributed by atoms with van der Waals surface area (Å²) < 4.78 is 13.2. The summed E-state index contributed by atoms with van der Waals surface area (Å²) in [5, 5.41) is 18.3. The molecular weight excluding hydrogens is 119 g/mol. The van der Waals surface area contributed by atoms with Gasteiger partial charge in [0.15, 0.2) is 0 Å². The molecule has 42 valence electrons. The van der Waals surface area contributed by atoms with Gasteiger partial charge in [-0.1, -0.05) is 0 Å². The molecule has 0 saturated heterocycles. The van der Waals surface area contributed by atoms with Crippen LogP contribution in [0.3, 0.4) is 0 Å². The Labute approximate surface area is 72.8 Å². The second-order valence-corrected chi connectivity index (χ2v) is 1.11. The van der Waals surface area contributed by atoms with E-state index in [9.17, 15) is 9.90 Å². The van der Waals surface area contributed by atoms with Crippen molar-refractivity contribution < 1.29 is 47.3 Å². The van der Waals surface area contributed by atoms with Crippen LogP contribution in [0.25, 0.3) is 0 Å². The fourth-order valence-corrected chi connectivity index (χ4v) is 0.171. The molecule has 0 heterocycles. The third kappa shape index (κ3) is 9.66. The largest absolute Gasteiger partial charge is 1.00 e. The van der Waals surface area contributed by atoms with Crippen molar-refractivity contribution in [1.82, 2.24) is 0 Å². The first-order chi connectivity index (χ1) is 3.89. The zero-order valence-corrected chi connectivity index (χ0v) is 6.84. The minimum absolute atomic E-state index is 0. The molecule has 0 fully saturated rings. The van der Waals surface area contributed by atoms with Crippen molar-refractivity contribution in [2.45, 2.75) is 19.4 Å². The van der Waals surface area contributed by atoms with Gasteiger partial charge in [-0.05, 0) is 6.92 Å². The summed E-state index contributed by atoms with van der Waals surface area (Å²) >= 11 is 0. The predicted molar refractivity (Wildman–Crippen MR) is 21.3 cm³/mol. The van der Waals surface area contributed by atoms with E-state index >= 15 is 0 Å². The normalized spacial score (nSPS) is 17.2. The van der Waals surface area contributed by atoms with Gasteiger partial charge in [-0.2, -0.15) is 0 Å². The first-order valence-corrected chi connectivity index (χ1v) is 1.78. The molecule has 0 aliphatic rings. The number of aliphatic hydroxyl groups is 1. The molecule has 0 aromatic heterocycles. The maximum absolute atomic E-state index is 9.82. The molecule has 0 aromatic rings. The average molecular weight is 128 g/mol. The fourth-order valence-electron chi connectivity index (χ4n) is 0.171. The number of carboxylic acids is 1. The van der Waals surface area contributed by atoms with Crippen LogP contribution in [-0.2, 0) is 4.79 Å².